The van der Waals surface area contributed by atoms with Gasteiger partial charge in [0, 0.05) is 46.3 Å². The number of aryl methyl sites for hydroxylation is 2. The molecule has 168 valence electrons. The van der Waals surface area contributed by atoms with Gasteiger partial charge < -0.3 is 15.2 Å². The first-order valence-corrected chi connectivity index (χ1v) is 11.9. The van der Waals surface area contributed by atoms with Crippen LogP contribution in [0.4, 0.5) is 5.69 Å². The van der Waals surface area contributed by atoms with Crippen LogP contribution in [0.2, 0.25) is 0 Å². The maximum atomic E-state index is 12.6. The minimum absolute atomic E-state index is 0.0288. The van der Waals surface area contributed by atoms with Crippen molar-refractivity contribution in [3.63, 3.8) is 0 Å². The summed E-state index contributed by atoms with van der Waals surface area (Å²) in [6, 6.07) is 23.4. The van der Waals surface area contributed by atoms with Crippen LogP contribution in [0.5, 0.6) is 0 Å². The number of anilines is 1. The molecule has 0 aliphatic heterocycles. The number of para-hydroxylation sites is 1. The van der Waals surface area contributed by atoms with Gasteiger partial charge in [-0.25, -0.2) is 0 Å². The van der Waals surface area contributed by atoms with E-state index in [2.05, 4.69) is 39.6 Å². The van der Waals surface area contributed by atoms with Crippen LogP contribution in [0.15, 0.2) is 83.9 Å². The van der Waals surface area contributed by atoms with E-state index in [0.717, 1.165) is 27.0 Å². The second-order valence-corrected chi connectivity index (χ2v) is 9.00. The number of benzene rings is 3. The topological polar surface area (TPSA) is 63.1 Å². The van der Waals surface area contributed by atoms with Crippen LogP contribution < -0.4 is 10.6 Å². The summed E-state index contributed by atoms with van der Waals surface area (Å²) < 4.78 is 2.13. The molecule has 0 atom stereocenters. The molecular formula is C27H27N3O2S. The fourth-order valence-electron chi connectivity index (χ4n) is 3.78. The number of thioether (sulfide) groups is 1. The molecule has 2 amide bonds. The lowest BCUT2D eigenvalue weighted by Crippen LogP contribution is -2.26. The second kappa shape index (κ2) is 10.4. The summed E-state index contributed by atoms with van der Waals surface area (Å²) in [4.78, 5) is 25.9. The van der Waals surface area contributed by atoms with Crippen LogP contribution in [0.25, 0.3) is 10.9 Å². The molecule has 33 heavy (non-hydrogen) atoms. The van der Waals surface area contributed by atoms with Crippen molar-refractivity contribution >= 4 is 40.2 Å². The van der Waals surface area contributed by atoms with Crippen molar-refractivity contribution in [2.45, 2.75) is 25.3 Å². The molecule has 0 aliphatic rings. The van der Waals surface area contributed by atoms with Gasteiger partial charge in [0.15, 0.2) is 0 Å². The third-order valence-electron chi connectivity index (χ3n) is 5.44. The van der Waals surface area contributed by atoms with Gasteiger partial charge in [0.1, 0.15) is 0 Å². The van der Waals surface area contributed by atoms with Crippen LogP contribution in [-0.2, 0) is 11.3 Å². The molecular weight excluding hydrogens is 430 g/mol. The molecule has 0 saturated carbocycles. The predicted octanol–water partition coefficient (Wildman–Crippen LogP) is 5.42. The minimum atomic E-state index is -0.0790. The van der Waals surface area contributed by atoms with Gasteiger partial charge in [0.25, 0.3) is 5.91 Å². The number of carbonyl (C=O) groups is 2. The first kappa shape index (κ1) is 22.7. The molecule has 1 aromatic heterocycles. The lowest BCUT2D eigenvalue weighted by Gasteiger charge is -2.09. The van der Waals surface area contributed by atoms with Crippen LogP contribution in [-0.4, -0.2) is 28.7 Å². The van der Waals surface area contributed by atoms with Gasteiger partial charge in [-0.05, 0) is 43.7 Å². The zero-order chi connectivity index (χ0) is 23.2. The smallest absolute Gasteiger partial charge is 0.251 e. The van der Waals surface area contributed by atoms with Gasteiger partial charge >= 0.3 is 0 Å². The summed E-state index contributed by atoms with van der Waals surface area (Å²) in [5.74, 6) is 0.218. The van der Waals surface area contributed by atoms with Gasteiger partial charge in [0.05, 0.1) is 5.75 Å². The Balaban J connectivity index is 1.39. The molecule has 0 aliphatic carbocycles. The molecule has 3 aromatic carbocycles. The zero-order valence-corrected chi connectivity index (χ0v) is 19.6. The normalized spacial score (nSPS) is 10.8. The Bertz CT molecular complexity index is 1280. The van der Waals surface area contributed by atoms with Crippen molar-refractivity contribution in [1.29, 1.82) is 0 Å². The zero-order valence-electron chi connectivity index (χ0n) is 18.8. The highest BCUT2D eigenvalue weighted by atomic mass is 32.2. The summed E-state index contributed by atoms with van der Waals surface area (Å²) in [6.07, 6.45) is 2.06. The lowest BCUT2D eigenvalue weighted by atomic mass is 10.1. The summed E-state index contributed by atoms with van der Waals surface area (Å²) in [6.45, 7) is 5.20. The van der Waals surface area contributed by atoms with Crippen LogP contribution in [0, 0.1) is 13.8 Å². The molecule has 0 bridgehead atoms. The van der Waals surface area contributed by atoms with E-state index in [-0.39, 0.29) is 11.8 Å². The highest BCUT2D eigenvalue weighted by Gasteiger charge is 2.12. The Hall–Kier alpha value is -3.51. The number of rotatable bonds is 8. The Kier molecular flexibility index (Phi) is 7.15. The quantitative estimate of drug-likeness (QED) is 0.347. The number of amides is 2. The minimum Gasteiger partial charge on any atom is -0.350 e. The van der Waals surface area contributed by atoms with E-state index in [0.29, 0.717) is 24.4 Å². The number of fused-ring (bicyclic) bond motifs is 1. The molecule has 6 heteroatoms. The average Bonchev–Trinajstić information content (AvgIpc) is 3.18. The van der Waals surface area contributed by atoms with Crippen molar-refractivity contribution in [2.24, 2.45) is 0 Å². The van der Waals surface area contributed by atoms with Crippen molar-refractivity contribution in [3.05, 3.63) is 95.7 Å². The molecule has 0 saturated heterocycles. The highest BCUT2D eigenvalue weighted by Crippen LogP contribution is 2.30. The molecule has 4 aromatic rings. The van der Waals surface area contributed by atoms with Gasteiger partial charge in [-0.15, -0.1) is 11.8 Å². The molecule has 4 rings (SSSR count). The Morgan fingerprint density at radius 1 is 0.939 bits per heavy atom. The molecule has 0 radical (unpaired) electrons. The summed E-state index contributed by atoms with van der Waals surface area (Å²) in [5.41, 5.74) is 4.82. The van der Waals surface area contributed by atoms with E-state index in [4.69, 9.17) is 0 Å². The monoisotopic (exact) mass is 457 g/mol. The van der Waals surface area contributed by atoms with E-state index in [9.17, 15) is 9.59 Å². The van der Waals surface area contributed by atoms with Crippen molar-refractivity contribution < 1.29 is 9.59 Å². The predicted molar refractivity (Wildman–Crippen MR) is 136 cm³/mol. The number of hydrogen-bond donors (Lipinski definition) is 2. The van der Waals surface area contributed by atoms with E-state index in [1.807, 2.05) is 56.3 Å². The van der Waals surface area contributed by atoms with Crippen molar-refractivity contribution in [2.75, 3.05) is 17.6 Å². The molecule has 1 heterocycles. The fraction of sp³-hybridized carbons (Fsp3) is 0.185. The Morgan fingerprint density at radius 3 is 2.48 bits per heavy atom. The third kappa shape index (κ3) is 5.65. The number of hydrogen-bond acceptors (Lipinski definition) is 3. The van der Waals surface area contributed by atoms with Crippen LogP contribution >= 0.6 is 11.8 Å². The first-order chi connectivity index (χ1) is 16.0. The largest absolute Gasteiger partial charge is 0.350 e. The van der Waals surface area contributed by atoms with Gasteiger partial charge in [-0.3, -0.25) is 9.59 Å². The van der Waals surface area contributed by atoms with Gasteiger partial charge in [-0.1, -0.05) is 54.1 Å². The van der Waals surface area contributed by atoms with E-state index >= 15 is 0 Å². The third-order valence-corrected chi connectivity index (χ3v) is 6.48. The Morgan fingerprint density at radius 2 is 1.70 bits per heavy atom. The summed E-state index contributed by atoms with van der Waals surface area (Å²) in [5, 5.41) is 7.10. The van der Waals surface area contributed by atoms with Gasteiger partial charge in [0.2, 0.25) is 5.91 Å². The standard InChI is InChI=1S/C27H27N3O2S/c1-19-12-13-23(20(2)16-19)29-26(31)18-33-25-17-30(24-11-7-6-10-22(24)25)15-14-28-27(32)21-8-4-3-5-9-21/h3-13,16-17H,14-15,18H2,1-2H3,(H,28,32)(H,29,31). The molecule has 5 nitrogen and oxygen atoms in total. The first-order valence-electron chi connectivity index (χ1n) is 10.9. The average molecular weight is 458 g/mol. The SMILES string of the molecule is Cc1ccc(NC(=O)CSc2cn(CCNC(=O)c3ccccc3)c3ccccc23)c(C)c1. The maximum Gasteiger partial charge on any atom is 0.251 e. The molecule has 0 fully saturated rings. The number of aromatic nitrogens is 1. The molecule has 0 spiro atoms. The van der Waals surface area contributed by atoms with Crippen molar-refractivity contribution in [3.8, 4) is 0 Å². The highest BCUT2D eigenvalue weighted by molar-refractivity contribution is 8.00. The maximum absolute atomic E-state index is 12.6. The van der Waals surface area contributed by atoms with Crippen LogP contribution in [0.1, 0.15) is 21.5 Å². The van der Waals surface area contributed by atoms with E-state index < -0.39 is 0 Å². The summed E-state index contributed by atoms with van der Waals surface area (Å²) in [7, 11) is 0. The van der Waals surface area contributed by atoms with Crippen molar-refractivity contribution in [1.82, 2.24) is 9.88 Å². The number of carbonyl (C=O) groups excluding carboxylic acids is 2. The number of nitrogens with one attached hydrogen (secondary N) is 2. The second-order valence-electron chi connectivity index (χ2n) is 7.98. The van der Waals surface area contributed by atoms with Crippen LogP contribution in [0.3, 0.4) is 0 Å². The lowest BCUT2D eigenvalue weighted by molar-refractivity contribution is -0.113. The number of nitrogens with zero attached hydrogens (tertiary/aromatic N) is 1. The Labute approximate surface area is 198 Å². The fourth-order valence-corrected chi connectivity index (χ4v) is 4.67. The van der Waals surface area contributed by atoms with Gasteiger partial charge in [-0.2, -0.15) is 0 Å². The molecule has 0 unspecified atom stereocenters. The van der Waals surface area contributed by atoms with E-state index in [1.165, 1.54) is 17.3 Å². The molecule has 2 N–H and O–H groups in total. The summed E-state index contributed by atoms with van der Waals surface area (Å²) >= 11 is 1.52. The van der Waals surface area contributed by atoms with E-state index in [1.54, 1.807) is 12.1 Å².